The average molecular weight is 210 g/mol. The van der Waals surface area contributed by atoms with Gasteiger partial charge in [-0.3, -0.25) is 0 Å². The zero-order chi connectivity index (χ0) is 10.8. The monoisotopic (exact) mass is 210 g/mol. The summed E-state index contributed by atoms with van der Waals surface area (Å²) in [7, 11) is 0. The second kappa shape index (κ2) is 3.96. The van der Waals surface area contributed by atoms with Crippen molar-refractivity contribution in [3.63, 3.8) is 0 Å². The molecule has 0 amide bonds. The van der Waals surface area contributed by atoms with Gasteiger partial charge in [0.2, 0.25) is 0 Å². The van der Waals surface area contributed by atoms with Gasteiger partial charge in [0.1, 0.15) is 0 Å². The molecule has 0 aliphatic heterocycles. The first-order valence-electron chi connectivity index (χ1n) is 4.41. The smallest absolute Gasteiger partial charge is 0.328 e. The molecule has 0 bridgehead atoms. The first-order valence-corrected chi connectivity index (χ1v) is 5.22. The van der Waals surface area contributed by atoms with E-state index in [9.17, 15) is 4.79 Å². The molecule has 0 spiro atoms. The third kappa shape index (κ3) is 3.00. The van der Waals surface area contributed by atoms with Crippen LogP contribution in [-0.2, 0) is 10.2 Å². The van der Waals surface area contributed by atoms with E-state index in [0.29, 0.717) is 0 Å². The summed E-state index contributed by atoms with van der Waals surface area (Å²) in [4.78, 5) is 12.5. The number of aliphatic carboxylic acids is 1. The Labute approximate surface area is 87.9 Å². The van der Waals surface area contributed by atoms with Crippen molar-refractivity contribution in [2.45, 2.75) is 26.2 Å². The molecule has 3 heteroatoms. The zero-order valence-corrected chi connectivity index (χ0v) is 9.39. The maximum absolute atomic E-state index is 10.3. The van der Waals surface area contributed by atoms with Crippen molar-refractivity contribution in [1.82, 2.24) is 0 Å². The van der Waals surface area contributed by atoms with E-state index in [4.69, 9.17) is 5.11 Å². The molecule has 0 saturated carbocycles. The molecule has 0 aromatic carbocycles. The summed E-state index contributed by atoms with van der Waals surface area (Å²) in [6.07, 6.45) is 2.79. The van der Waals surface area contributed by atoms with Crippen LogP contribution >= 0.6 is 11.3 Å². The fourth-order valence-electron chi connectivity index (χ4n) is 0.999. The van der Waals surface area contributed by atoms with Gasteiger partial charge in [-0.1, -0.05) is 20.8 Å². The molecule has 0 radical (unpaired) electrons. The molecule has 0 unspecified atom stereocenters. The number of hydrogen-bond acceptors (Lipinski definition) is 2. The van der Waals surface area contributed by atoms with Gasteiger partial charge in [-0.15, -0.1) is 11.3 Å². The van der Waals surface area contributed by atoms with Crippen LogP contribution in [0.25, 0.3) is 6.08 Å². The molecule has 0 atom stereocenters. The standard InChI is InChI=1S/C11H14O2S/c1-11(2,3)9-6-4-8(14-9)5-7-10(12)13/h4-7H,1-3H3,(H,12,13). The van der Waals surface area contributed by atoms with Gasteiger partial charge in [0.15, 0.2) is 0 Å². The Kier molecular flexibility index (Phi) is 3.11. The lowest BCUT2D eigenvalue weighted by Gasteiger charge is -2.15. The van der Waals surface area contributed by atoms with Crippen molar-refractivity contribution < 1.29 is 9.90 Å². The highest BCUT2D eigenvalue weighted by Gasteiger charge is 2.15. The maximum atomic E-state index is 10.3. The second-order valence-electron chi connectivity index (χ2n) is 4.12. The van der Waals surface area contributed by atoms with E-state index in [0.717, 1.165) is 11.0 Å². The molecule has 1 N–H and O–H groups in total. The van der Waals surface area contributed by atoms with Gasteiger partial charge in [0.25, 0.3) is 0 Å². The lowest BCUT2D eigenvalue weighted by atomic mass is 9.95. The van der Waals surface area contributed by atoms with Crippen LogP contribution in [0.15, 0.2) is 18.2 Å². The number of hydrogen-bond donors (Lipinski definition) is 1. The van der Waals surface area contributed by atoms with Crippen LogP contribution in [0.4, 0.5) is 0 Å². The third-order valence-electron chi connectivity index (χ3n) is 1.76. The summed E-state index contributed by atoms with van der Waals surface area (Å²) in [6.45, 7) is 6.43. The van der Waals surface area contributed by atoms with Crippen LogP contribution in [0.5, 0.6) is 0 Å². The summed E-state index contributed by atoms with van der Waals surface area (Å²) in [5.74, 6) is -0.907. The average Bonchev–Trinajstić information content (AvgIpc) is 2.47. The quantitative estimate of drug-likeness (QED) is 0.761. The van der Waals surface area contributed by atoms with E-state index in [1.165, 1.54) is 4.88 Å². The molecule has 14 heavy (non-hydrogen) atoms. The number of rotatable bonds is 2. The van der Waals surface area contributed by atoms with Gasteiger partial charge in [0.05, 0.1) is 0 Å². The first kappa shape index (κ1) is 11.0. The first-order chi connectivity index (χ1) is 6.39. The van der Waals surface area contributed by atoms with Crippen LogP contribution in [0.3, 0.4) is 0 Å². The van der Waals surface area contributed by atoms with Crippen molar-refractivity contribution in [1.29, 1.82) is 0 Å². The Bertz CT molecular complexity index is 356. The predicted molar refractivity (Wildman–Crippen MR) is 59.7 cm³/mol. The van der Waals surface area contributed by atoms with E-state index in [1.54, 1.807) is 17.4 Å². The topological polar surface area (TPSA) is 37.3 Å². The molecule has 76 valence electrons. The second-order valence-corrected chi connectivity index (χ2v) is 5.24. The minimum absolute atomic E-state index is 0.139. The van der Waals surface area contributed by atoms with Gasteiger partial charge in [-0.2, -0.15) is 0 Å². The Morgan fingerprint density at radius 2 is 2.07 bits per heavy atom. The van der Waals surface area contributed by atoms with Gasteiger partial charge in [0, 0.05) is 15.8 Å². The molecule has 1 aromatic heterocycles. The number of carboxylic acids is 1. The predicted octanol–water partition coefficient (Wildman–Crippen LogP) is 3.14. The highest BCUT2D eigenvalue weighted by atomic mass is 32.1. The molecule has 0 fully saturated rings. The highest BCUT2D eigenvalue weighted by Crippen LogP contribution is 2.29. The molecule has 0 aliphatic rings. The van der Waals surface area contributed by atoms with Crippen molar-refractivity contribution in [3.05, 3.63) is 28.0 Å². The van der Waals surface area contributed by atoms with E-state index in [1.807, 2.05) is 12.1 Å². The van der Waals surface area contributed by atoms with Crippen LogP contribution < -0.4 is 0 Å². The summed E-state index contributed by atoms with van der Waals surface area (Å²) >= 11 is 1.63. The zero-order valence-electron chi connectivity index (χ0n) is 8.57. The lowest BCUT2D eigenvalue weighted by Crippen LogP contribution is -2.07. The summed E-state index contributed by atoms with van der Waals surface area (Å²) < 4.78 is 0. The number of carbonyl (C=O) groups is 1. The van der Waals surface area contributed by atoms with Crippen molar-refractivity contribution in [2.24, 2.45) is 0 Å². The Balaban J connectivity index is 2.84. The van der Waals surface area contributed by atoms with Gasteiger partial charge in [-0.05, 0) is 23.6 Å². The van der Waals surface area contributed by atoms with E-state index >= 15 is 0 Å². The molecule has 1 rings (SSSR count). The van der Waals surface area contributed by atoms with Crippen LogP contribution in [-0.4, -0.2) is 11.1 Å². The molecule has 0 saturated heterocycles. The third-order valence-corrected chi connectivity index (χ3v) is 3.23. The van der Waals surface area contributed by atoms with Crippen LogP contribution in [0.2, 0.25) is 0 Å². The van der Waals surface area contributed by atoms with Gasteiger partial charge in [-0.25, -0.2) is 4.79 Å². The minimum Gasteiger partial charge on any atom is -0.478 e. The number of carboxylic acid groups (broad SMARTS) is 1. The Morgan fingerprint density at radius 3 is 2.50 bits per heavy atom. The summed E-state index contributed by atoms with van der Waals surface area (Å²) in [5.41, 5.74) is 0.139. The highest BCUT2D eigenvalue weighted by molar-refractivity contribution is 7.13. The van der Waals surface area contributed by atoms with Crippen molar-refractivity contribution in [2.75, 3.05) is 0 Å². The van der Waals surface area contributed by atoms with E-state index < -0.39 is 5.97 Å². The van der Waals surface area contributed by atoms with Crippen LogP contribution in [0.1, 0.15) is 30.5 Å². The van der Waals surface area contributed by atoms with Gasteiger partial charge < -0.3 is 5.11 Å². The van der Waals surface area contributed by atoms with Crippen LogP contribution in [0, 0.1) is 0 Å². The molecular weight excluding hydrogens is 196 g/mol. The Hall–Kier alpha value is -1.09. The fraction of sp³-hybridized carbons (Fsp3) is 0.364. The molecule has 0 aliphatic carbocycles. The number of thiophene rings is 1. The van der Waals surface area contributed by atoms with Crippen molar-refractivity contribution in [3.8, 4) is 0 Å². The molecule has 1 heterocycles. The van der Waals surface area contributed by atoms with Crippen molar-refractivity contribution >= 4 is 23.4 Å². The molecule has 1 aromatic rings. The van der Waals surface area contributed by atoms with Gasteiger partial charge >= 0.3 is 5.97 Å². The maximum Gasteiger partial charge on any atom is 0.328 e. The molecular formula is C11H14O2S. The SMILES string of the molecule is CC(C)(C)c1ccc(C=CC(=O)O)s1. The summed E-state index contributed by atoms with van der Waals surface area (Å²) in [5, 5.41) is 8.46. The molecule has 2 nitrogen and oxygen atoms in total. The summed E-state index contributed by atoms with van der Waals surface area (Å²) in [6, 6.07) is 4.00. The fourth-order valence-corrected chi connectivity index (χ4v) is 1.97. The largest absolute Gasteiger partial charge is 0.478 e. The van der Waals surface area contributed by atoms with E-state index in [2.05, 4.69) is 20.8 Å². The van der Waals surface area contributed by atoms with E-state index in [-0.39, 0.29) is 5.41 Å². The Morgan fingerprint density at radius 1 is 1.43 bits per heavy atom. The lowest BCUT2D eigenvalue weighted by molar-refractivity contribution is -0.131. The normalized spacial score (nSPS) is 12.2. The minimum atomic E-state index is -0.907.